The molecule has 2 aromatic rings. The number of aromatic nitrogens is 3. The van der Waals surface area contributed by atoms with Gasteiger partial charge in [-0.2, -0.15) is 4.31 Å². The van der Waals surface area contributed by atoms with Crippen molar-refractivity contribution in [2.75, 3.05) is 6.54 Å². The Morgan fingerprint density at radius 2 is 2.09 bits per heavy atom. The Kier molecular flexibility index (Phi) is 4.45. The smallest absolute Gasteiger partial charge is 0.246 e. The van der Waals surface area contributed by atoms with E-state index >= 15 is 0 Å². The molecule has 1 aromatic heterocycles. The van der Waals surface area contributed by atoms with Gasteiger partial charge in [0.15, 0.2) is 5.82 Å². The van der Waals surface area contributed by atoms with Gasteiger partial charge in [-0.1, -0.05) is 18.6 Å². The van der Waals surface area contributed by atoms with Gasteiger partial charge >= 0.3 is 0 Å². The molecule has 0 radical (unpaired) electrons. The number of piperidine rings is 1. The van der Waals surface area contributed by atoms with Crippen molar-refractivity contribution in [3.8, 4) is 0 Å². The summed E-state index contributed by atoms with van der Waals surface area (Å²) in [6.45, 7) is 2.97. The fourth-order valence-electron chi connectivity index (χ4n) is 3.00. The highest BCUT2D eigenvalue weighted by atomic mass is 32.2. The van der Waals surface area contributed by atoms with E-state index in [-0.39, 0.29) is 4.90 Å². The number of hydrogen-bond acceptors (Lipinski definition) is 4. The molecule has 8 heteroatoms. The van der Waals surface area contributed by atoms with E-state index in [1.807, 2.05) is 11.5 Å². The second kappa shape index (κ2) is 6.37. The van der Waals surface area contributed by atoms with Crippen molar-refractivity contribution >= 4 is 10.0 Å². The van der Waals surface area contributed by atoms with Gasteiger partial charge in [0, 0.05) is 13.1 Å². The Labute approximate surface area is 135 Å². The van der Waals surface area contributed by atoms with Crippen LogP contribution in [0, 0.1) is 5.82 Å². The topological polar surface area (TPSA) is 68.1 Å². The van der Waals surface area contributed by atoms with Gasteiger partial charge < -0.3 is 4.57 Å². The van der Waals surface area contributed by atoms with Crippen LogP contribution < -0.4 is 0 Å². The van der Waals surface area contributed by atoms with Crippen molar-refractivity contribution in [3.63, 3.8) is 0 Å². The molecule has 0 bridgehead atoms. The molecule has 1 aromatic carbocycles. The predicted octanol–water partition coefficient (Wildman–Crippen LogP) is 2.35. The molecular weight excluding hydrogens is 319 g/mol. The third-order valence-electron chi connectivity index (χ3n) is 4.16. The quantitative estimate of drug-likeness (QED) is 0.858. The van der Waals surface area contributed by atoms with Crippen molar-refractivity contribution in [1.29, 1.82) is 0 Å². The molecule has 0 aliphatic carbocycles. The van der Waals surface area contributed by atoms with Crippen LogP contribution in [0.1, 0.15) is 38.1 Å². The van der Waals surface area contributed by atoms with E-state index in [1.54, 1.807) is 6.33 Å². The fourth-order valence-corrected chi connectivity index (χ4v) is 4.72. The van der Waals surface area contributed by atoms with Crippen molar-refractivity contribution in [2.24, 2.45) is 0 Å². The molecule has 0 unspecified atom stereocenters. The molecule has 23 heavy (non-hydrogen) atoms. The molecule has 0 N–H and O–H groups in total. The Hall–Kier alpha value is -1.80. The zero-order chi connectivity index (χ0) is 16.4. The SMILES string of the molecule is CCn1cnnc1[C@@H]1CCCCN1S(=O)(=O)c1ccccc1F. The first kappa shape index (κ1) is 16.1. The van der Waals surface area contributed by atoms with E-state index in [0.29, 0.717) is 25.3 Å². The van der Waals surface area contributed by atoms with Crippen LogP contribution in [0.2, 0.25) is 0 Å². The highest BCUT2D eigenvalue weighted by Crippen LogP contribution is 2.35. The first-order valence-electron chi connectivity index (χ1n) is 7.69. The molecule has 0 amide bonds. The van der Waals surface area contributed by atoms with Crippen molar-refractivity contribution in [1.82, 2.24) is 19.1 Å². The Morgan fingerprint density at radius 1 is 1.30 bits per heavy atom. The maximum absolute atomic E-state index is 14.0. The van der Waals surface area contributed by atoms with Gasteiger partial charge in [-0.3, -0.25) is 0 Å². The molecular formula is C15H19FN4O2S. The van der Waals surface area contributed by atoms with Crippen LogP contribution in [0.15, 0.2) is 35.5 Å². The molecule has 0 spiro atoms. The summed E-state index contributed by atoms with van der Waals surface area (Å²) in [4.78, 5) is -0.283. The van der Waals surface area contributed by atoms with Gasteiger partial charge in [-0.05, 0) is 31.9 Å². The highest BCUT2D eigenvalue weighted by Gasteiger charge is 2.37. The summed E-state index contributed by atoms with van der Waals surface area (Å²) in [6.07, 6.45) is 3.92. The lowest BCUT2D eigenvalue weighted by atomic mass is 10.0. The average molecular weight is 338 g/mol. The molecule has 124 valence electrons. The minimum absolute atomic E-state index is 0.283. The van der Waals surface area contributed by atoms with E-state index in [9.17, 15) is 12.8 Å². The maximum Gasteiger partial charge on any atom is 0.246 e. The van der Waals surface area contributed by atoms with Crippen LogP contribution in [0.4, 0.5) is 4.39 Å². The Balaban J connectivity index is 2.04. The molecule has 3 rings (SSSR count). The summed E-state index contributed by atoms with van der Waals surface area (Å²) >= 11 is 0. The molecule has 0 saturated carbocycles. The third kappa shape index (κ3) is 2.88. The molecule has 1 fully saturated rings. The number of rotatable bonds is 4. The van der Waals surface area contributed by atoms with E-state index in [1.165, 1.54) is 28.6 Å². The standard InChI is InChI=1S/C15H19FN4O2S/c1-2-19-11-17-18-15(19)13-8-5-6-10-20(13)23(21,22)14-9-4-3-7-12(14)16/h3-4,7,9,11,13H,2,5-6,8,10H2,1H3/t13-/m0/s1. The number of benzene rings is 1. The third-order valence-corrected chi connectivity index (χ3v) is 6.10. The predicted molar refractivity (Wildman–Crippen MR) is 82.6 cm³/mol. The largest absolute Gasteiger partial charge is 0.317 e. The maximum atomic E-state index is 14.0. The van der Waals surface area contributed by atoms with Crippen LogP contribution >= 0.6 is 0 Å². The van der Waals surface area contributed by atoms with E-state index in [2.05, 4.69) is 10.2 Å². The van der Waals surface area contributed by atoms with Crippen LogP contribution in [0.25, 0.3) is 0 Å². The number of sulfonamides is 1. The Bertz CT molecular complexity index is 790. The zero-order valence-electron chi connectivity index (χ0n) is 12.9. The minimum atomic E-state index is -3.92. The summed E-state index contributed by atoms with van der Waals surface area (Å²) < 4.78 is 43.1. The molecule has 1 aliphatic heterocycles. The van der Waals surface area contributed by atoms with E-state index in [0.717, 1.165) is 12.8 Å². The molecule has 1 saturated heterocycles. The van der Waals surface area contributed by atoms with Crippen molar-refractivity contribution in [3.05, 3.63) is 42.2 Å². The average Bonchev–Trinajstić information content (AvgIpc) is 3.03. The summed E-state index contributed by atoms with van der Waals surface area (Å²) in [6, 6.07) is 5.08. The summed E-state index contributed by atoms with van der Waals surface area (Å²) in [5, 5.41) is 8.00. The second-order valence-electron chi connectivity index (χ2n) is 5.53. The molecule has 1 aliphatic rings. The summed E-state index contributed by atoms with van der Waals surface area (Å²) in [5.41, 5.74) is 0. The normalized spacial score (nSPS) is 19.8. The monoisotopic (exact) mass is 338 g/mol. The van der Waals surface area contributed by atoms with Gasteiger partial charge in [0.05, 0.1) is 6.04 Å². The fraction of sp³-hybridized carbons (Fsp3) is 0.467. The second-order valence-corrected chi connectivity index (χ2v) is 7.39. The first-order chi connectivity index (χ1) is 11.1. The molecule has 2 heterocycles. The zero-order valence-corrected chi connectivity index (χ0v) is 13.7. The number of halogens is 1. The van der Waals surface area contributed by atoms with Gasteiger partial charge in [0.2, 0.25) is 10.0 Å². The lowest BCUT2D eigenvalue weighted by molar-refractivity contribution is 0.240. The van der Waals surface area contributed by atoms with Crippen molar-refractivity contribution in [2.45, 2.75) is 43.7 Å². The Morgan fingerprint density at radius 3 is 2.83 bits per heavy atom. The molecule has 1 atom stereocenters. The highest BCUT2D eigenvalue weighted by molar-refractivity contribution is 7.89. The number of nitrogens with zero attached hydrogens (tertiary/aromatic N) is 4. The van der Waals surface area contributed by atoms with E-state index in [4.69, 9.17) is 0 Å². The minimum Gasteiger partial charge on any atom is -0.317 e. The van der Waals surface area contributed by atoms with Gasteiger partial charge in [-0.25, -0.2) is 12.8 Å². The van der Waals surface area contributed by atoms with Gasteiger partial charge in [0.25, 0.3) is 0 Å². The summed E-state index contributed by atoms with van der Waals surface area (Å²) in [5.74, 6) is -0.110. The van der Waals surface area contributed by atoms with Gasteiger partial charge in [0.1, 0.15) is 17.0 Å². The molecule has 6 nitrogen and oxygen atoms in total. The van der Waals surface area contributed by atoms with E-state index < -0.39 is 21.9 Å². The number of hydrogen-bond donors (Lipinski definition) is 0. The van der Waals surface area contributed by atoms with Crippen LogP contribution in [0.5, 0.6) is 0 Å². The van der Waals surface area contributed by atoms with Crippen LogP contribution in [0.3, 0.4) is 0 Å². The lowest BCUT2D eigenvalue weighted by Gasteiger charge is -2.34. The summed E-state index contributed by atoms with van der Waals surface area (Å²) in [7, 11) is -3.92. The van der Waals surface area contributed by atoms with Gasteiger partial charge in [-0.15, -0.1) is 10.2 Å². The lowest BCUT2D eigenvalue weighted by Crippen LogP contribution is -2.40. The van der Waals surface area contributed by atoms with Crippen LogP contribution in [-0.2, 0) is 16.6 Å². The van der Waals surface area contributed by atoms with Crippen LogP contribution in [-0.4, -0.2) is 34.0 Å². The first-order valence-corrected chi connectivity index (χ1v) is 9.13. The number of aryl methyl sites for hydroxylation is 1. The van der Waals surface area contributed by atoms with Crippen molar-refractivity contribution < 1.29 is 12.8 Å².